The lowest BCUT2D eigenvalue weighted by Gasteiger charge is -2.22. The third-order valence-corrected chi connectivity index (χ3v) is 4.37. The summed E-state index contributed by atoms with van der Waals surface area (Å²) in [5.74, 6) is -0.957. The van der Waals surface area contributed by atoms with E-state index in [2.05, 4.69) is 5.32 Å². The van der Waals surface area contributed by atoms with Crippen LogP contribution in [0.3, 0.4) is 0 Å². The number of rotatable bonds is 5. The van der Waals surface area contributed by atoms with Gasteiger partial charge in [-0.15, -0.1) is 0 Å². The molecule has 1 aromatic carbocycles. The van der Waals surface area contributed by atoms with Gasteiger partial charge in [-0.25, -0.2) is 4.79 Å². The minimum Gasteiger partial charge on any atom is -0.449 e. The van der Waals surface area contributed by atoms with Crippen molar-refractivity contribution in [3.05, 3.63) is 35.4 Å². The van der Waals surface area contributed by atoms with Crippen molar-refractivity contribution in [1.29, 1.82) is 0 Å². The molecular formula is C18H22F3NO3. The van der Waals surface area contributed by atoms with Crippen LogP contribution in [0.2, 0.25) is 0 Å². The van der Waals surface area contributed by atoms with Gasteiger partial charge in [0.1, 0.15) is 0 Å². The number of benzene rings is 1. The summed E-state index contributed by atoms with van der Waals surface area (Å²) in [6.45, 7) is 1.94. The predicted molar refractivity (Wildman–Crippen MR) is 85.9 cm³/mol. The van der Waals surface area contributed by atoms with Crippen molar-refractivity contribution in [2.24, 2.45) is 5.92 Å². The van der Waals surface area contributed by atoms with Crippen molar-refractivity contribution < 1.29 is 27.5 Å². The summed E-state index contributed by atoms with van der Waals surface area (Å²) in [4.78, 5) is 24.0. The molecule has 0 heterocycles. The molecule has 1 fully saturated rings. The highest BCUT2D eigenvalue weighted by atomic mass is 19.4. The van der Waals surface area contributed by atoms with Gasteiger partial charge in [0, 0.05) is 6.54 Å². The number of carbonyl (C=O) groups excluding carboxylic acids is 2. The van der Waals surface area contributed by atoms with E-state index in [0.717, 1.165) is 43.9 Å². The molecule has 138 valence electrons. The molecule has 0 radical (unpaired) electrons. The molecule has 2 rings (SSSR count). The molecular weight excluding hydrogens is 335 g/mol. The molecule has 25 heavy (non-hydrogen) atoms. The molecule has 0 aromatic heterocycles. The Hall–Kier alpha value is -2.05. The Morgan fingerprint density at radius 3 is 2.56 bits per heavy atom. The number of esters is 1. The fourth-order valence-corrected chi connectivity index (χ4v) is 2.88. The van der Waals surface area contributed by atoms with Gasteiger partial charge in [-0.3, -0.25) is 4.79 Å². The molecule has 4 nitrogen and oxygen atoms in total. The van der Waals surface area contributed by atoms with Crippen molar-refractivity contribution >= 4 is 11.9 Å². The summed E-state index contributed by atoms with van der Waals surface area (Å²) in [5, 5.41) is 2.75. The molecule has 7 heteroatoms. The van der Waals surface area contributed by atoms with Gasteiger partial charge in [-0.05, 0) is 43.9 Å². The van der Waals surface area contributed by atoms with E-state index < -0.39 is 29.7 Å². The molecule has 0 saturated heterocycles. The SMILES string of the molecule is C[C@H](OC(=O)c1cccc(C(F)(F)F)c1)C(=O)NCC1CCCCC1. The van der Waals surface area contributed by atoms with Gasteiger partial charge in [-0.1, -0.05) is 25.3 Å². The molecule has 0 unspecified atom stereocenters. The summed E-state index contributed by atoms with van der Waals surface area (Å²) in [5.41, 5.74) is -1.17. The van der Waals surface area contributed by atoms with Gasteiger partial charge in [0.25, 0.3) is 5.91 Å². The maximum absolute atomic E-state index is 12.7. The van der Waals surface area contributed by atoms with Crippen molar-refractivity contribution in [3.8, 4) is 0 Å². The van der Waals surface area contributed by atoms with Crippen LogP contribution in [0.5, 0.6) is 0 Å². The van der Waals surface area contributed by atoms with Crippen molar-refractivity contribution in [1.82, 2.24) is 5.32 Å². The van der Waals surface area contributed by atoms with E-state index in [1.54, 1.807) is 0 Å². The number of ether oxygens (including phenoxy) is 1. The Balaban J connectivity index is 1.87. The van der Waals surface area contributed by atoms with E-state index >= 15 is 0 Å². The fraction of sp³-hybridized carbons (Fsp3) is 0.556. The molecule has 0 bridgehead atoms. The van der Waals surface area contributed by atoms with E-state index in [1.807, 2.05) is 0 Å². The lowest BCUT2D eigenvalue weighted by atomic mass is 9.89. The Morgan fingerprint density at radius 2 is 1.92 bits per heavy atom. The van der Waals surface area contributed by atoms with Crippen LogP contribution in [-0.4, -0.2) is 24.5 Å². The molecule has 1 aliphatic rings. The topological polar surface area (TPSA) is 55.4 Å². The molecule has 1 N–H and O–H groups in total. The fourth-order valence-electron chi connectivity index (χ4n) is 2.88. The number of amides is 1. The van der Waals surface area contributed by atoms with E-state index in [0.29, 0.717) is 12.5 Å². The van der Waals surface area contributed by atoms with E-state index in [1.165, 1.54) is 19.4 Å². The third kappa shape index (κ3) is 5.76. The standard InChI is InChI=1S/C18H22F3NO3/c1-12(16(23)22-11-13-6-3-2-4-7-13)25-17(24)14-8-5-9-15(10-14)18(19,20)21/h5,8-10,12-13H,2-4,6-7,11H2,1H3,(H,22,23)/t12-/m0/s1. The molecule has 1 aromatic rings. The third-order valence-electron chi connectivity index (χ3n) is 4.37. The van der Waals surface area contributed by atoms with Crippen LogP contribution in [0, 0.1) is 5.92 Å². The van der Waals surface area contributed by atoms with Crippen molar-refractivity contribution in [2.45, 2.75) is 51.3 Å². The normalized spacial score (nSPS) is 17.0. The van der Waals surface area contributed by atoms with Crippen LogP contribution >= 0.6 is 0 Å². The molecule has 0 aliphatic heterocycles. The summed E-state index contributed by atoms with van der Waals surface area (Å²) in [7, 11) is 0. The zero-order valence-corrected chi connectivity index (χ0v) is 14.1. The monoisotopic (exact) mass is 357 g/mol. The molecule has 1 aliphatic carbocycles. The van der Waals surface area contributed by atoms with Crippen LogP contribution in [0.4, 0.5) is 13.2 Å². The summed E-state index contributed by atoms with van der Waals surface area (Å²) in [6, 6.07) is 3.95. The number of alkyl halides is 3. The summed E-state index contributed by atoms with van der Waals surface area (Å²) >= 11 is 0. The highest BCUT2D eigenvalue weighted by molar-refractivity contribution is 5.92. The number of hydrogen-bond acceptors (Lipinski definition) is 3. The first-order valence-electron chi connectivity index (χ1n) is 8.43. The molecule has 0 spiro atoms. The average molecular weight is 357 g/mol. The summed E-state index contributed by atoms with van der Waals surface area (Å²) in [6.07, 6.45) is 0.0542. The maximum Gasteiger partial charge on any atom is 0.416 e. The molecule has 1 amide bonds. The lowest BCUT2D eigenvalue weighted by Crippen LogP contribution is -2.38. The van der Waals surface area contributed by atoms with Crippen LogP contribution in [0.1, 0.15) is 54.9 Å². The van der Waals surface area contributed by atoms with Gasteiger partial charge in [-0.2, -0.15) is 13.2 Å². The van der Waals surface area contributed by atoms with Crippen molar-refractivity contribution in [3.63, 3.8) is 0 Å². The quantitative estimate of drug-likeness (QED) is 0.812. The molecule has 1 saturated carbocycles. The summed E-state index contributed by atoms with van der Waals surface area (Å²) < 4.78 is 43.0. The largest absolute Gasteiger partial charge is 0.449 e. The Labute approximate surface area is 144 Å². The highest BCUT2D eigenvalue weighted by Crippen LogP contribution is 2.29. The second-order valence-corrected chi connectivity index (χ2v) is 6.38. The minimum absolute atomic E-state index is 0.234. The van der Waals surface area contributed by atoms with Gasteiger partial charge in [0.2, 0.25) is 0 Å². The number of halogens is 3. The highest BCUT2D eigenvalue weighted by Gasteiger charge is 2.31. The van der Waals surface area contributed by atoms with Crippen molar-refractivity contribution in [2.75, 3.05) is 6.54 Å². The number of carbonyl (C=O) groups is 2. The minimum atomic E-state index is -4.54. The van der Waals surface area contributed by atoms with Gasteiger partial charge >= 0.3 is 12.1 Å². The zero-order valence-electron chi connectivity index (χ0n) is 14.1. The van der Waals surface area contributed by atoms with Crippen LogP contribution in [0.15, 0.2) is 24.3 Å². The first-order chi connectivity index (χ1) is 11.8. The smallest absolute Gasteiger partial charge is 0.416 e. The second-order valence-electron chi connectivity index (χ2n) is 6.38. The maximum atomic E-state index is 12.7. The van der Waals surface area contributed by atoms with Crippen LogP contribution in [-0.2, 0) is 15.7 Å². The average Bonchev–Trinajstić information content (AvgIpc) is 2.59. The van der Waals surface area contributed by atoms with Crippen LogP contribution < -0.4 is 5.32 Å². The lowest BCUT2D eigenvalue weighted by molar-refractivity contribution is -0.137. The van der Waals surface area contributed by atoms with Crippen LogP contribution in [0.25, 0.3) is 0 Å². The van der Waals surface area contributed by atoms with Gasteiger partial charge in [0.05, 0.1) is 11.1 Å². The van der Waals surface area contributed by atoms with E-state index in [-0.39, 0.29) is 5.56 Å². The molecule has 1 atom stereocenters. The predicted octanol–water partition coefficient (Wildman–Crippen LogP) is 3.95. The number of hydrogen-bond donors (Lipinski definition) is 1. The first kappa shape index (κ1) is 19.3. The van der Waals surface area contributed by atoms with E-state index in [9.17, 15) is 22.8 Å². The Kier molecular flexibility index (Phi) is 6.45. The Bertz CT molecular complexity index is 610. The van der Waals surface area contributed by atoms with Gasteiger partial charge in [0.15, 0.2) is 6.10 Å². The van der Waals surface area contributed by atoms with E-state index in [4.69, 9.17) is 4.74 Å². The number of nitrogens with one attached hydrogen (secondary N) is 1. The second kappa shape index (κ2) is 8.36. The Morgan fingerprint density at radius 1 is 1.24 bits per heavy atom. The zero-order chi connectivity index (χ0) is 18.4. The van der Waals surface area contributed by atoms with Gasteiger partial charge < -0.3 is 10.1 Å². The first-order valence-corrected chi connectivity index (χ1v) is 8.43.